The number of benzene rings is 2. The van der Waals surface area contributed by atoms with Crippen molar-refractivity contribution in [3.05, 3.63) is 47.5 Å². The number of carbonyl (C=O) groups is 1. The Hall–Kier alpha value is -4.76. The van der Waals surface area contributed by atoms with E-state index in [1.807, 2.05) is 4.90 Å². The molecule has 8 rings (SSSR count). The molecule has 46 heavy (non-hydrogen) atoms. The fourth-order valence-electron chi connectivity index (χ4n) is 7.69. The zero-order chi connectivity index (χ0) is 31.7. The zero-order valence-corrected chi connectivity index (χ0v) is 24.8. The van der Waals surface area contributed by atoms with E-state index in [1.165, 1.54) is 24.3 Å². The van der Waals surface area contributed by atoms with Crippen LogP contribution in [0.15, 0.2) is 30.3 Å². The minimum Gasteiger partial charge on any atom is -0.508 e. The van der Waals surface area contributed by atoms with Crippen LogP contribution < -0.4 is 19.7 Å². The molecule has 3 atom stereocenters. The Bertz CT molecular complexity index is 1980. The number of fused-ring (bicyclic) bond motifs is 4. The molecule has 4 aliphatic heterocycles. The third-order valence-electron chi connectivity index (χ3n) is 9.80. The fourth-order valence-corrected chi connectivity index (χ4v) is 7.69. The van der Waals surface area contributed by atoms with Crippen LogP contribution >= 0.6 is 0 Å². The standard InChI is InChI=1S/C34H30F3N5O4/c1-2-22-24(36)5-4-18-10-21(43)11-23(28(18)22)31-30(37)32-29-25(42-15-26(44)38-8-6-20(42)16-45-33(29)40-31)12-27(39-32)46-17-34-7-3-9-41(34)14-19(35)13-34/h1,4-5,10-12,19-20,43H,3,6-9,13-17H2,(H,38,44)/t19-,20+,34+/m1/s1. The maximum Gasteiger partial charge on any atom is 0.239 e. The van der Waals surface area contributed by atoms with E-state index in [1.54, 1.807) is 6.07 Å². The van der Waals surface area contributed by atoms with Crippen molar-refractivity contribution in [1.29, 1.82) is 0 Å². The van der Waals surface area contributed by atoms with Crippen molar-refractivity contribution in [3.8, 4) is 41.1 Å². The van der Waals surface area contributed by atoms with Gasteiger partial charge in [-0.1, -0.05) is 12.0 Å². The Morgan fingerprint density at radius 3 is 2.93 bits per heavy atom. The average molecular weight is 630 g/mol. The van der Waals surface area contributed by atoms with Gasteiger partial charge in [-0.05, 0) is 49.4 Å². The first kappa shape index (κ1) is 28.7. The van der Waals surface area contributed by atoms with Gasteiger partial charge in [-0.15, -0.1) is 6.42 Å². The number of phenolic OH excluding ortho intramolecular Hbond substituents is 1. The van der Waals surface area contributed by atoms with Crippen molar-refractivity contribution >= 4 is 33.3 Å². The van der Waals surface area contributed by atoms with Crippen LogP contribution in [0.3, 0.4) is 0 Å². The van der Waals surface area contributed by atoms with Gasteiger partial charge < -0.3 is 24.8 Å². The van der Waals surface area contributed by atoms with E-state index in [2.05, 4.69) is 26.1 Å². The van der Waals surface area contributed by atoms with Gasteiger partial charge in [-0.25, -0.2) is 23.1 Å². The van der Waals surface area contributed by atoms with E-state index in [4.69, 9.17) is 15.9 Å². The molecule has 2 N–H and O–H groups in total. The molecule has 6 heterocycles. The second-order valence-corrected chi connectivity index (χ2v) is 12.5. The molecule has 0 bridgehead atoms. The van der Waals surface area contributed by atoms with Gasteiger partial charge in [0.05, 0.1) is 34.8 Å². The molecule has 12 heteroatoms. The average Bonchev–Trinajstić information content (AvgIpc) is 3.43. The molecule has 9 nitrogen and oxygen atoms in total. The largest absolute Gasteiger partial charge is 0.508 e. The summed E-state index contributed by atoms with van der Waals surface area (Å²) in [6, 6.07) is 6.74. The number of pyridine rings is 2. The van der Waals surface area contributed by atoms with Crippen molar-refractivity contribution < 1.29 is 32.5 Å². The zero-order valence-electron chi connectivity index (χ0n) is 24.8. The molecule has 3 fully saturated rings. The normalized spacial score (nSPS) is 24.1. The summed E-state index contributed by atoms with van der Waals surface area (Å²) >= 11 is 0. The predicted molar refractivity (Wildman–Crippen MR) is 165 cm³/mol. The van der Waals surface area contributed by atoms with Gasteiger partial charge >= 0.3 is 0 Å². The lowest BCUT2D eigenvalue weighted by Gasteiger charge is -2.32. The SMILES string of the molecule is C#Cc1c(F)ccc2cc(O)cc(-c3nc4c5c(cc(OC[C@@]67CCCN6C[C@H](F)C7)nc5c3F)N3CC(=O)NCC[C@H]3CO4)c12. The lowest BCUT2D eigenvalue weighted by Crippen LogP contribution is -2.43. The first-order chi connectivity index (χ1) is 22.2. The van der Waals surface area contributed by atoms with Gasteiger partial charge in [0.25, 0.3) is 0 Å². The number of phenols is 1. The molecular formula is C34H30F3N5O4. The highest BCUT2D eigenvalue weighted by Crippen LogP contribution is 2.45. The Kier molecular flexibility index (Phi) is 6.65. The van der Waals surface area contributed by atoms with Crippen LogP contribution in [-0.2, 0) is 4.79 Å². The number of carbonyl (C=O) groups excluding carboxylic acids is 1. The van der Waals surface area contributed by atoms with E-state index < -0.39 is 23.3 Å². The highest BCUT2D eigenvalue weighted by atomic mass is 19.1. The van der Waals surface area contributed by atoms with Crippen molar-refractivity contribution in [2.45, 2.75) is 43.4 Å². The minimum absolute atomic E-state index is 0.00135. The van der Waals surface area contributed by atoms with Crippen LogP contribution in [-0.4, -0.2) is 83.0 Å². The van der Waals surface area contributed by atoms with Crippen LogP contribution in [0, 0.1) is 24.0 Å². The minimum atomic E-state index is -0.949. The highest BCUT2D eigenvalue weighted by molar-refractivity contribution is 6.05. The van der Waals surface area contributed by atoms with Gasteiger partial charge in [0.1, 0.15) is 42.2 Å². The predicted octanol–water partition coefficient (Wildman–Crippen LogP) is 4.46. The second-order valence-electron chi connectivity index (χ2n) is 12.5. The summed E-state index contributed by atoms with van der Waals surface area (Å²) in [6.45, 7) is 1.88. The van der Waals surface area contributed by atoms with Crippen molar-refractivity contribution in [2.24, 2.45) is 0 Å². The number of terminal acetylenes is 1. The van der Waals surface area contributed by atoms with Crippen molar-refractivity contribution in [3.63, 3.8) is 0 Å². The molecular weight excluding hydrogens is 599 g/mol. The lowest BCUT2D eigenvalue weighted by atomic mass is 9.95. The molecule has 236 valence electrons. The smallest absolute Gasteiger partial charge is 0.239 e. The van der Waals surface area contributed by atoms with Crippen LogP contribution in [0.25, 0.3) is 32.9 Å². The van der Waals surface area contributed by atoms with Gasteiger partial charge in [0.2, 0.25) is 17.7 Å². The maximum absolute atomic E-state index is 17.0. The number of anilines is 1. The molecule has 3 saturated heterocycles. The Labute approximate surface area is 262 Å². The number of alkyl halides is 1. The van der Waals surface area contributed by atoms with E-state index in [0.29, 0.717) is 37.0 Å². The summed E-state index contributed by atoms with van der Waals surface area (Å²) in [5.41, 5.74) is -0.416. The maximum atomic E-state index is 17.0. The number of aromatic nitrogens is 2. The number of nitrogens with one attached hydrogen (secondary N) is 1. The number of halogens is 3. The molecule has 0 unspecified atom stereocenters. The number of aromatic hydroxyl groups is 1. The molecule has 0 saturated carbocycles. The topological polar surface area (TPSA) is 100 Å². The molecule has 2 aromatic heterocycles. The number of ether oxygens (including phenoxy) is 2. The van der Waals surface area contributed by atoms with E-state index in [9.17, 15) is 18.7 Å². The number of amides is 1. The van der Waals surface area contributed by atoms with Gasteiger partial charge in [-0.2, -0.15) is 0 Å². The van der Waals surface area contributed by atoms with E-state index >= 15 is 4.39 Å². The summed E-state index contributed by atoms with van der Waals surface area (Å²) < 4.78 is 58.9. The van der Waals surface area contributed by atoms with Crippen molar-refractivity contribution in [1.82, 2.24) is 20.2 Å². The fraction of sp³-hybridized carbons (Fsp3) is 0.382. The van der Waals surface area contributed by atoms with E-state index in [-0.39, 0.29) is 82.3 Å². The summed E-state index contributed by atoms with van der Waals surface area (Å²) in [7, 11) is 0. The number of hydrogen-bond acceptors (Lipinski definition) is 8. The Morgan fingerprint density at radius 2 is 2.09 bits per heavy atom. The first-order valence-corrected chi connectivity index (χ1v) is 15.4. The molecule has 0 radical (unpaired) electrons. The summed E-state index contributed by atoms with van der Waals surface area (Å²) in [5.74, 6) is 0.594. The Balaban J connectivity index is 1.34. The van der Waals surface area contributed by atoms with Crippen molar-refractivity contribution in [2.75, 3.05) is 44.3 Å². The molecule has 4 aliphatic rings. The molecule has 0 spiro atoms. The lowest BCUT2D eigenvalue weighted by molar-refractivity contribution is -0.119. The van der Waals surface area contributed by atoms with Crippen LogP contribution in [0.4, 0.5) is 18.9 Å². The quantitative estimate of drug-likeness (QED) is 0.320. The molecule has 1 amide bonds. The third kappa shape index (κ3) is 4.47. The summed E-state index contributed by atoms with van der Waals surface area (Å²) in [6.07, 6.45) is 7.36. The van der Waals surface area contributed by atoms with E-state index in [0.717, 1.165) is 19.4 Å². The second kappa shape index (κ2) is 10.7. The van der Waals surface area contributed by atoms with Gasteiger partial charge in [0.15, 0.2) is 5.82 Å². The van der Waals surface area contributed by atoms with Crippen LogP contribution in [0.2, 0.25) is 0 Å². The van der Waals surface area contributed by atoms with Gasteiger partial charge in [0, 0.05) is 36.5 Å². The number of rotatable bonds is 4. The molecule has 2 aromatic carbocycles. The molecule has 4 aromatic rings. The summed E-state index contributed by atoms with van der Waals surface area (Å²) in [5, 5.41) is 14.3. The van der Waals surface area contributed by atoms with Gasteiger partial charge in [-0.3, -0.25) is 9.69 Å². The van der Waals surface area contributed by atoms with Crippen LogP contribution in [0.1, 0.15) is 31.2 Å². The number of hydrogen-bond donors (Lipinski definition) is 2. The Morgan fingerprint density at radius 1 is 1.22 bits per heavy atom. The third-order valence-corrected chi connectivity index (χ3v) is 9.80. The number of nitrogens with zero attached hydrogens (tertiary/aromatic N) is 4. The summed E-state index contributed by atoms with van der Waals surface area (Å²) in [4.78, 5) is 25.9. The molecule has 0 aliphatic carbocycles. The highest BCUT2D eigenvalue weighted by Gasteiger charge is 2.49. The first-order valence-electron chi connectivity index (χ1n) is 15.4. The van der Waals surface area contributed by atoms with Crippen LogP contribution in [0.5, 0.6) is 17.5 Å². The monoisotopic (exact) mass is 629 g/mol.